The highest BCUT2D eigenvalue weighted by atomic mass is 32.2. The van der Waals surface area contributed by atoms with Gasteiger partial charge in [0, 0.05) is 18.5 Å². The maximum atomic E-state index is 13.5. The van der Waals surface area contributed by atoms with E-state index in [-0.39, 0.29) is 41.4 Å². The summed E-state index contributed by atoms with van der Waals surface area (Å²) >= 11 is 1.03. The van der Waals surface area contributed by atoms with Crippen molar-refractivity contribution in [2.75, 3.05) is 26.2 Å². The molecule has 5 nitrogen and oxygen atoms in total. The number of thioether (sulfide) groups is 1. The van der Waals surface area contributed by atoms with Crippen molar-refractivity contribution in [1.82, 2.24) is 10.2 Å². The molecule has 1 aliphatic carbocycles. The van der Waals surface area contributed by atoms with Crippen molar-refractivity contribution in [3.05, 3.63) is 45.9 Å². The second-order valence-electron chi connectivity index (χ2n) is 9.71. The van der Waals surface area contributed by atoms with Gasteiger partial charge in [0.15, 0.2) is 0 Å². The Morgan fingerprint density at radius 1 is 1.14 bits per heavy atom. The number of likely N-dealkylation sites (tertiary alicyclic amines) is 1. The molecule has 12 heteroatoms. The normalized spacial score (nSPS) is 22.6. The molecule has 1 aromatic rings. The number of aliphatic imine (C=N–C) groups is 1. The summed E-state index contributed by atoms with van der Waals surface area (Å²) in [4.78, 5) is 18.5. The fourth-order valence-electron chi connectivity index (χ4n) is 4.78. The van der Waals surface area contributed by atoms with Crippen molar-refractivity contribution in [2.45, 2.75) is 51.0 Å². The van der Waals surface area contributed by atoms with Gasteiger partial charge in [-0.2, -0.15) is 31.3 Å². The van der Waals surface area contributed by atoms with Crippen LogP contribution in [0, 0.1) is 11.3 Å². The number of carbonyl (C=O) groups is 1. The summed E-state index contributed by atoms with van der Waals surface area (Å²) in [6.45, 7) is 1.44. The van der Waals surface area contributed by atoms with E-state index in [1.165, 1.54) is 0 Å². The number of aliphatic hydroxyl groups excluding tert-OH is 1. The van der Waals surface area contributed by atoms with Crippen LogP contribution in [0.1, 0.15) is 48.8 Å². The lowest BCUT2D eigenvalue weighted by molar-refractivity contribution is -0.143. The first-order chi connectivity index (χ1) is 16.9. The lowest BCUT2D eigenvalue weighted by atomic mass is 9.69. The zero-order chi connectivity index (χ0) is 26.1. The van der Waals surface area contributed by atoms with Crippen LogP contribution in [0.2, 0.25) is 0 Å². The predicted octanol–water partition coefficient (Wildman–Crippen LogP) is 5.84. The van der Waals surface area contributed by atoms with E-state index >= 15 is 0 Å². The second-order valence-corrected chi connectivity index (χ2v) is 10.7. The molecule has 0 aromatic heterocycles. The smallest absolute Gasteiger partial charge is 0.396 e. The van der Waals surface area contributed by atoms with E-state index in [2.05, 4.69) is 10.3 Å². The van der Waals surface area contributed by atoms with Gasteiger partial charge in [0.1, 0.15) is 5.84 Å². The molecule has 1 saturated heterocycles. The van der Waals surface area contributed by atoms with Gasteiger partial charge in [0.05, 0.1) is 22.6 Å². The summed E-state index contributed by atoms with van der Waals surface area (Å²) in [5, 5.41) is 12.5. The molecule has 0 spiro atoms. The summed E-state index contributed by atoms with van der Waals surface area (Å²) in [7, 11) is 0. The number of nitrogens with one attached hydrogen (secondary N) is 1. The third-order valence-electron chi connectivity index (χ3n) is 7.17. The number of amidine groups is 1. The van der Waals surface area contributed by atoms with E-state index < -0.39 is 23.5 Å². The molecular weight excluding hydrogens is 508 g/mol. The molecule has 198 valence electrons. The number of piperidine rings is 1. The quantitative estimate of drug-likeness (QED) is 0.449. The average molecular weight is 536 g/mol. The monoisotopic (exact) mass is 535 g/mol. The summed E-state index contributed by atoms with van der Waals surface area (Å²) < 4.78 is 79.2. The van der Waals surface area contributed by atoms with E-state index in [1.807, 2.05) is 6.08 Å². The van der Waals surface area contributed by atoms with Gasteiger partial charge in [-0.25, -0.2) is 0 Å². The lowest BCUT2D eigenvalue weighted by Crippen LogP contribution is -2.44. The number of rotatable bonds is 6. The first kappa shape index (κ1) is 27.0. The van der Waals surface area contributed by atoms with E-state index in [0.717, 1.165) is 37.1 Å². The van der Waals surface area contributed by atoms with Crippen LogP contribution in [-0.2, 0) is 18.9 Å². The van der Waals surface area contributed by atoms with Crippen LogP contribution < -0.4 is 5.32 Å². The second kappa shape index (κ2) is 10.4. The van der Waals surface area contributed by atoms with Gasteiger partial charge in [0.25, 0.3) is 0 Å². The van der Waals surface area contributed by atoms with Crippen LogP contribution in [-0.4, -0.2) is 47.3 Å². The number of alkyl halides is 6. The Morgan fingerprint density at radius 3 is 2.39 bits per heavy atom. The Kier molecular flexibility index (Phi) is 7.78. The van der Waals surface area contributed by atoms with Gasteiger partial charge in [-0.05, 0) is 74.1 Å². The minimum Gasteiger partial charge on any atom is -0.396 e. The summed E-state index contributed by atoms with van der Waals surface area (Å²) in [5.41, 5.74) is -2.94. The van der Waals surface area contributed by atoms with E-state index in [4.69, 9.17) is 0 Å². The number of halogens is 6. The number of aliphatic hydroxyl groups is 1. The molecule has 4 rings (SSSR count). The van der Waals surface area contributed by atoms with Crippen molar-refractivity contribution < 1.29 is 36.2 Å². The largest absolute Gasteiger partial charge is 0.416 e. The van der Waals surface area contributed by atoms with E-state index in [0.29, 0.717) is 49.3 Å². The molecule has 1 amide bonds. The van der Waals surface area contributed by atoms with Crippen molar-refractivity contribution in [2.24, 2.45) is 16.3 Å². The van der Waals surface area contributed by atoms with Gasteiger partial charge in [-0.15, -0.1) is 0 Å². The Labute approximate surface area is 209 Å². The Bertz CT molecular complexity index is 1040. The minimum absolute atomic E-state index is 0.0703. The SMILES string of the molecule is O=C1N=C(NCC2(CO)CCC2)C(=CC2CCN(Cc3ccc(C(F)(F)F)cc3C(F)(F)F)CC2)S1. The zero-order valence-electron chi connectivity index (χ0n) is 19.4. The Morgan fingerprint density at radius 2 is 1.83 bits per heavy atom. The Balaban J connectivity index is 1.37. The molecule has 0 atom stereocenters. The molecule has 36 heavy (non-hydrogen) atoms. The minimum atomic E-state index is -4.89. The maximum Gasteiger partial charge on any atom is 0.416 e. The molecule has 0 bridgehead atoms. The first-order valence-corrected chi connectivity index (χ1v) is 12.6. The van der Waals surface area contributed by atoms with Gasteiger partial charge in [0.2, 0.25) is 0 Å². The number of allylic oxidation sites excluding steroid dienone is 1. The molecular formula is C24H27F6N3O2S. The topological polar surface area (TPSA) is 64.9 Å². The lowest BCUT2D eigenvalue weighted by Gasteiger charge is -2.40. The highest BCUT2D eigenvalue weighted by molar-refractivity contribution is 8.18. The van der Waals surface area contributed by atoms with Crippen LogP contribution in [0.5, 0.6) is 0 Å². The van der Waals surface area contributed by atoms with Crippen LogP contribution in [0.4, 0.5) is 31.1 Å². The number of nitrogens with zero attached hydrogens (tertiary/aromatic N) is 2. The van der Waals surface area contributed by atoms with Gasteiger partial charge < -0.3 is 10.4 Å². The number of amides is 1. The molecule has 0 unspecified atom stereocenters. The molecule has 1 saturated carbocycles. The number of carbonyl (C=O) groups excluding carboxylic acids is 1. The highest BCUT2D eigenvalue weighted by Gasteiger charge is 2.39. The molecule has 3 aliphatic rings. The Hall–Kier alpha value is -2.05. The number of hydrogen-bond acceptors (Lipinski definition) is 5. The third-order valence-corrected chi connectivity index (χ3v) is 7.99. The van der Waals surface area contributed by atoms with Crippen LogP contribution in [0.25, 0.3) is 0 Å². The van der Waals surface area contributed by atoms with Crippen molar-refractivity contribution in [3.8, 4) is 0 Å². The van der Waals surface area contributed by atoms with E-state index in [1.54, 1.807) is 4.90 Å². The third kappa shape index (κ3) is 6.25. The number of benzene rings is 1. The summed E-state index contributed by atoms with van der Waals surface area (Å²) in [6, 6.07) is 1.78. The van der Waals surface area contributed by atoms with Crippen LogP contribution in [0.3, 0.4) is 0 Å². The van der Waals surface area contributed by atoms with Gasteiger partial charge in [-0.1, -0.05) is 18.6 Å². The predicted molar refractivity (Wildman–Crippen MR) is 124 cm³/mol. The van der Waals surface area contributed by atoms with Crippen molar-refractivity contribution >= 4 is 22.8 Å². The zero-order valence-corrected chi connectivity index (χ0v) is 20.2. The summed E-state index contributed by atoms with van der Waals surface area (Å²) in [6.07, 6.45) is -3.62. The molecule has 2 heterocycles. The number of hydrogen-bond donors (Lipinski definition) is 2. The van der Waals surface area contributed by atoms with Crippen molar-refractivity contribution in [1.29, 1.82) is 0 Å². The van der Waals surface area contributed by atoms with E-state index in [9.17, 15) is 36.2 Å². The first-order valence-electron chi connectivity index (χ1n) is 11.8. The highest BCUT2D eigenvalue weighted by Crippen LogP contribution is 2.41. The standard InChI is InChI=1S/C24H27F6N3O2S/c25-23(26,27)17-3-2-16(18(11-17)24(28,29)30)12-33-8-4-15(5-9-33)10-19-20(32-21(35)36-19)31-13-22(14-34)6-1-7-22/h2-3,10-11,15,34H,1,4-9,12-14H2,(H,31,32,35). The molecule has 1 aromatic carbocycles. The fraction of sp³-hybridized carbons (Fsp3) is 0.583. The van der Waals surface area contributed by atoms with Gasteiger partial charge in [-0.3, -0.25) is 9.69 Å². The fourth-order valence-corrected chi connectivity index (χ4v) is 5.58. The molecule has 0 radical (unpaired) electrons. The molecule has 2 aliphatic heterocycles. The average Bonchev–Trinajstić information content (AvgIpc) is 3.12. The van der Waals surface area contributed by atoms with Crippen LogP contribution in [0.15, 0.2) is 34.2 Å². The molecule has 2 N–H and O–H groups in total. The molecule has 2 fully saturated rings. The van der Waals surface area contributed by atoms with Gasteiger partial charge >= 0.3 is 17.6 Å². The maximum absolute atomic E-state index is 13.5. The summed E-state index contributed by atoms with van der Waals surface area (Å²) in [5.74, 6) is 0.582. The van der Waals surface area contributed by atoms with Crippen molar-refractivity contribution in [3.63, 3.8) is 0 Å². The van der Waals surface area contributed by atoms with Crippen LogP contribution >= 0.6 is 11.8 Å².